The Bertz CT molecular complexity index is 894. The van der Waals surface area contributed by atoms with Gasteiger partial charge in [-0.2, -0.15) is 5.10 Å². The van der Waals surface area contributed by atoms with Gasteiger partial charge < -0.3 is 0 Å². The SMILES string of the molecule is Cc1cc(C)n(C(=O)[C@H](Cc2ccccc2)N2C(=O)[C@@H]3CCCC[C@H]3C2=O)n1. The predicted molar refractivity (Wildman–Crippen MR) is 104 cm³/mol. The van der Waals surface area contributed by atoms with Crippen molar-refractivity contribution in [3.63, 3.8) is 0 Å². The quantitative estimate of drug-likeness (QED) is 0.766. The van der Waals surface area contributed by atoms with Crippen molar-refractivity contribution in [3.8, 4) is 0 Å². The number of carbonyl (C=O) groups excluding carboxylic acids is 3. The molecule has 6 heteroatoms. The van der Waals surface area contributed by atoms with Gasteiger partial charge in [-0.25, -0.2) is 4.68 Å². The van der Waals surface area contributed by atoms with Gasteiger partial charge in [-0.05, 0) is 38.3 Å². The van der Waals surface area contributed by atoms with E-state index in [0.29, 0.717) is 12.1 Å². The van der Waals surface area contributed by atoms with E-state index < -0.39 is 6.04 Å². The molecule has 2 aliphatic rings. The van der Waals surface area contributed by atoms with Crippen LogP contribution in [0.5, 0.6) is 0 Å². The van der Waals surface area contributed by atoms with Crippen LogP contribution < -0.4 is 0 Å². The van der Waals surface area contributed by atoms with E-state index in [0.717, 1.165) is 36.9 Å². The number of likely N-dealkylation sites (tertiary alicyclic amines) is 1. The normalized spacial score (nSPS) is 23.0. The maximum Gasteiger partial charge on any atom is 0.270 e. The minimum absolute atomic E-state index is 0.189. The number of hydrogen-bond acceptors (Lipinski definition) is 4. The number of nitrogens with zero attached hydrogens (tertiary/aromatic N) is 3. The van der Waals surface area contributed by atoms with Gasteiger partial charge >= 0.3 is 0 Å². The second kappa shape index (κ2) is 7.34. The molecule has 2 amide bonds. The minimum Gasteiger partial charge on any atom is -0.274 e. The highest BCUT2D eigenvalue weighted by Crippen LogP contribution is 2.39. The molecule has 2 aromatic rings. The summed E-state index contributed by atoms with van der Waals surface area (Å²) < 4.78 is 1.34. The molecular formula is C22H25N3O3. The third-order valence-corrected chi connectivity index (χ3v) is 5.96. The van der Waals surface area contributed by atoms with Crippen LogP contribution in [0.3, 0.4) is 0 Å². The van der Waals surface area contributed by atoms with Crippen molar-refractivity contribution in [1.29, 1.82) is 0 Å². The van der Waals surface area contributed by atoms with Crippen molar-refractivity contribution in [2.24, 2.45) is 11.8 Å². The van der Waals surface area contributed by atoms with Crippen molar-refractivity contribution < 1.29 is 14.4 Å². The van der Waals surface area contributed by atoms with E-state index in [4.69, 9.17) is 0 Å². The largest absolute Gasteiger partial charge is 0.274 e. The van der Waals surface area contributed by atoms with E-state index in [-0.39, 0.29) is 29.6 Å². The Morgan fingerprint density at radius 1 is 1.07 bits per heavy atom. The van der Waals surface area contributed by atoms with E-state index in [2.05, 4.69) is 5.10 Å². The Hall–Kier alpha value is -2.76. The molecule has 2 heterocycles. The first-order chi connectivity index (χ1) is 13.5. The van der Waals surface area contributed by atoms with Gasteiger partial charge in [0.15, 0.2) is 0 Å². The molecule has 0 unspecified atom stereocenters. The molecule has 1 aromatic heterocycles. The molecule has 6 nitrogen and oxygen atoms in total. The first kappa shape index (κ1) is 18.6. The molecule has 4 rings (SSSR count). The lowest BCUT2D eigenvalue weighted by Crippen LogP contribution is -2.49. The Balaban J connectivity index is 1.72. The van der Waals surface area contributed by atoms with Gasteiger partial charge in [0.2, 0.25) is 11.8 Å². The second-order valence-corrected chi connectivity index (χ2v) is 7.93. The number of benzene rings is 1. The van der Waals surface area contributed by atoms with Crippen molar-refractivity contribution in [2.75, 3.05) is 0 Å². The summed E-state index contributed by atoms with van der Waals surface area (Å²) in [5.74, 6) is -1.24. The van der Waals surface area contributed by atoms with E-state index >= 15 is 0 Å². The zero-order valence-corrected chi connectivity index (χ0v) is 16.3. The molecular weight excluding hydrogens is 354 g/mol. The molecule has 28 heavy (non-hydrogen) atoms. The van der Waals surface area contributed by atoms with Crippen LogP contribution in [0.2, 0.25) is 0 Å². The maximum atomic E-state index is 13.4. The average Bonchev–Trinajstić information content (AvgIpc) is 3.17. The monoisotopic (exact) mass is 379 g/mol. The van der Waals surface area contributed by atoms with Gasteiger partial charge in [0.25, 0.3) is 5.91 Å². The van der Waals surface area contributed by atoms with E-state index in [1.54, 1.807) is 0 Å². The van der Waals surface area contributed by atoms with Crippen LogP contribution in [0.1, 0.15) is 47.4 Å². The van der Waals surface area contributed by atoms with Crippen LogP contribution in [0.25, 0.3) is 0 Å². The van der Waals surface area contributed by atoms with Crippen LogP contribution in [0.4, 0.5) is 0 Å². The first-order valence-corrected chi connectivity index (χ1v) is 9.95. The zero-order chi connectivity index (χ0) is 19.8. The molecule has 0 bridgehead atoms. The summed E-state index contributed by atoms with van der Waals surface area (Å²) in [6.07, 6.45) is 3.69. The van der Waals surface area contributed by atoms with Gasteiger partial charge in [0, 0.05) is 12.1 Å². The molecule has 1 aromatic carbocycles. The molecule has 1 saturated carbocycles. The highest BCUT2D eigenvalue weighted by atomic mass is 16.2. The van der Waals surface area contributed by atoms with Crippen molar-refractivity contribution >= 4 is 17.7 Å². The van der Waals surface area contributed by atoms with Crippen LogP contribution >= 0.6 is 0 Å². The maximum absolute atomic E-state index is 13.4. The highest BCUT2D eigenvalue weighted by Gasteiger charge is 2.52. The molecule has 2 fully saturated rings. The van der Waals surface area contributed by atoms with Crippen LogP contribution in [-0.2, 0) is 16.0 Å². The van der Waals surface area contributed by atoms with Gasteiger partial charge in [-0.3, -0.25) is 19.3 Å². The predicted octanol–water partition coefficient (Wildman–Crippen LogP) is 2.93. The van der Waals surface area contributed by atoms with Crippen LogP contribution in [-0.4, -0.2) is 38.4 Å². The summed E-state index contributed by atoms with van der Waals surface area (Å²) in [6, 6.07) is 10.5. The number of hydrogen-bond donors (Lipinski definition) is 0. The number of imide groups is 1. The third-order valence-electron chi connectivity index (χ3n) is 5.96. The van der Waals surface area contributed by atoms with Crippen molar-refractivity contribution in [3.05, 3.63) is 53.3 Å². The fourth-order valence-electron chi connectivity index (χ4n) is 4.61. The lowest BCUT2D eigenvalue weighted by molar-refractivity contribution is -0.141. The van der Waals surface area contributed by atoms with E-state index in [1.807, 2.05) is 50.2 Å². The lowest BCUT2D eigenvalue weighted by atomic mass is 9.81. The smallest absolute Gasteiger partial charge is 0.270 e. The Labute approximate surface area is 164 Å². The number of rotatable bonds is 4. The molecule has 146 valence electrons. The Morgan fingerprint density at radius 3 is 2.21 bits per heavy atom. The molecule has 3 atom stereocenters. The zero-order valence-electron chi connectivity index (χ0n) is 16.3. The Morgan fingerprint density at radius 2 is 1.68 bits per heavy atom. The van der Waals surface area contributed by atoms with Gasteiger partial charge in [-0.1, -0.05) is 43.2 Å². The second-order valence-electron chi connectivity index (χ2n) is 7.93. The molecule has 0 radical (unpaired) electrons. The number of aromatic nitrogens is 2. The molecule has 0 N–H and O–H groups in total. The summed E-state index contributed by atoms with van der Waals surface area (Å²) in [6.45, 7) is 3.63. The lowest BCUT2D eigenvalue weighted by Gasteiger charge is -2.26. The fraction of sp³-hybridized carbons (Fsp3) is 0.455. The summed E-state index contributed by atoms with van der Waals surface area (Å²) in [4.78, 5) is 40.9. The highest BCUT2D eigenvalue weighted by molar-refractivity contribution is 6.08. The van der Waals surface area contributed by atoms with Crippen molar-refractivity contribution in [1.82, 2.24) is 14.7 Å². The summed E-state index contributed by atoms with van der Waals surface area (Å²) in [5.41, 5.74) is 2.35. The molecule has 1 aliphatic carbocycles. The molecule has 0 spiro atoms. The summed E-state index contributed by atoms with van der Waals surface area (Å²) >= 11 is 0. The number of fused-ring (bicyclic) bond motifs is 1. The number of amides is 2. The van der Waals surface area contributed by atoms with E-state index in [9.17, 15) is 14.4 Å². The standard InChI is InChI=1S/C22H25N3O3/c1-14-12-15(2)25(23-14)22(28)19(13-16-8-4-3-5-9-16)24-20(26)17-10-6-7-11-18(17)21(24)27/h3-5,8-9,12,17-19H,6-7,10-11,13H2,1-2H3/t17-,18-,19+/m1/s1. The van der Waals surface area contributed by atoms with E-state index in [1.165, 1.54) is 9.58 Å². The topological polar surface area (TPSA) is 72.3 Å². The average molecular weight is 379 g/mol. The Kier molecular flexibility index (Phi) is 4.87. The van der Waals surface area contributed by atoms with Crippen molar-refractivity contribution in [2.45, 2.75) is 52.0 Å². The summed E-state index contributed by atoms with van der Waals surface area (Å²) in [5, 5.41) is 4.30. The van der Waals surface area contributed by atoms with Crippen LogP contribution in [0, 0.1) is 25.7 Å². The minimum atomic E-state index is -0.869. The molecule has 1 aliphatic heterocycles. The number of carbonyl (C=O) groups is 3. The summed E-state index contributed by atoms with van der Waals surface area (Å²) in [7, 11) is 0. The first-order valence-electron chi connectivity index (χ1n) is 9.95. The fourth-order valence-corrected chi connectivity index (χ4v) is 4.61. The third kappa shape index (κ3) is 3.17. The van der Waals surface area contributed by atoms with Crippen LogP contribution in [0.15, 0.2) is 36.4 Å². The van der Waals surface area contributed by atoms with Gasteiger partial charge in [0.1, 0.15) is 6.04 Å². The van der Waals surface area contributed by atoms with Gasteiger partial charge in [-0.15, -0.1) is 0 Å². The number of aryl methyl sites for hydroxylation is 2. The molecule has 1 saturated heterocycles. The van der Waals surface area contributed by atoms with Gasteiger partial charge in [0.05, 0.1) is 17.5 Å².